The van der Waals surface area contributed by atoms with Gasteiger partial charge in [0.1, 0.15) is 0 Å². The van der Waals surface area contributed by atoms with E-state index in [1.165, 1.54) is 18.2 Å². The maximum Gasteiger partial charge on any atom is 0.337 e. The number of amides is 3. The minimum atomic E-state index is -0.850. The van der Waals surface area contributed by atoms with Crippen molar-refractivity contribution in [2.75, 3.05) is 26.1 Å². The Labute approximate surface area is 199 Å². The van der Waals surface area contributed by atoms with Gasteiger partial charge in [-0.1, -0.05) is 23.7 Å². The molecule has 4 N–H and O–H groups in total. The molecule has 1 atom stereocenters. The summed E-state index contributed by atoms with van der Waals surface area (Å²) >= 11 is 5.85. The Balaban J connectivity index is 2.03. The summed E-state index contributed by atoms with van der Waals surface area (Å²) in [6.07, 6.45) is -0.303. The van der Waals surface area contributed by atoms with Crippen LogP contribution in [-0.2, 0) is 23.8 Å². The predicted octanol–water partition coefficient (Wildman–Crippen LogP) is 2.19. The molecule has 0 fully saturated rings. The van der Waals surface area contributed by atoms with Crippen LogP contribution < -0.4 is 16.4 Å². The van der Waals surface area contributed by atoms with E-state index in [4.69, 9.17) is 22.1 Å². The quantitative estimate of drug-likeness (QED) is 0.355. The maximum absolute atomic E-state index is 12.3. The largest absolute Gasteiger partial charge is 0.465 e. The second-order valence-corrected chi connectivity index (χ2v) is 7.24. The number of nitrogens with one attached hydrogen (secondary N) is 2. The summed E-state index contributed by atoms with van der Waals surface area (Å²) in [6.45, 7) is -0.668. The van der Waals surface area contributed by atoms with Crippen LogP contribution in [0.4, 0.5) is 10.5 Å². The van der Waals surface area contributed by atoms with E-state index in [-0.39, 0.29) is 23.2 Å². The zero-order valence-electron chi connectivity index (χ0n) is 18.3. The van der Waals surface area contributed by atoms with E-state index in [0.717, 1.165) is 14.2 Å². The van der Waals surface area contributed by atoms with Crippen LogP contribution >= 0.6 is 11.6 Å². The Morgan fingerprint density at radius 2 is 1.50 bits per heavy atom. The van der Waals surface area contributed by atoms with Gasteiger partial charge in [-0.15, -0.1) is 0 Å². The van der Waals surface area contributed by atoms with E-state index >= 15 is 0 Å². The Morgan fingerprint density at radius 3 is 2.00 bits per heavy atom. The molecule has 0 saturated heterocycles. The highest BCUT2D eigenvalue weighted by atomic mass is 35.5. The molecule has 0 radical (unpaired) electrons. The molecule has 0 spiro atoms. The van der Waals surface area contributed by atoms with E-state index < -0.39 is 42.5 Å². The van der Waals surface area contributed by atoms with Crippen molar-refractivity contribution >= 4 is 47.1 Å². The molecule has 0 aromatic heterocycles. The smallest absolute Gasteiger partial charge is 0.337 e. The highest BCUT2D eigenvalue weighted by molar-refractivity contribution is 6.30. The first-order valence-electron chi connectivity index (χ1n) is 9.71. The molecule has 0 aliphatic rings. The summed E-state index contributed by atoms with van der Waals surface area (Å²) in [6, 6.07) is 8.54. The van der Waals surface area contributed by atoms with Gasteiger partial charge < -0.3 is 30.6 Å². The molecule has 0 aliphatic carbocycles. The second kappa shape index (κ2) is 12.2. The second-order valence-electron chi connectivity index (χ2n) is 6.81. The Bertz CT molecular complexity index is 1050. The predicted molar refractivity (Wildman–Crippen MR) is 120 cm³/mol. The molecule has 0 heterocycles. The SMILES string of the molecule is COC(=O)c1cc(NC(=O)COC(=O)CC(NC(N)=O)c2ccc(Cl)cc2)cc(C(=O)OC)c1. The number of hydrogen-bond acceptors (Lipinski definition) is 8. The molecular weight excluding hydrogens is 470 g/mol. The maximum atomic E-state index is 12.3. The highest BCUT2D eigenvalue weighted by Gasteiger charge is 2.20. The molecule has 2 aromatic rings. The third-order valence-corrected chi connectivity index (χ3v) is 4.63. The normalized spacial score (nSPS) is 11.0. The first kappa shape index (κ1) is 26.1. The molecule has 0 aliphatic heterocycles. The summed E-state index contributed by atoms with van der Waals surface area (Å²) < 4.78 is 14.2. The van der Waals surface area contributed by atoms with Gasteiger partial charge in [0.25, 0.3) is 5.91 Å². The average Bonchev–Trinajstić information content (AvgIpc) is 2.81. The van der Waals surface area contributed by atoms with Gasteiger partial charge in [-0.3, -0.25) is 9.59 Å². The lowest BCUT2D eigenvalue weighted by Gasteiger charge is -2.17. The van der Waals surface area contributed by atoms with Gasteiger partial charge in [0, 0.05) is 10.7 Å². The zero-order valence-corrected chi connectivity index (χ0v) is 19.0. The molecule has 3 amide bonds. The number of methoxy groups -OCH3 is 2. The molecule has 0 bridgehead atoms. The highest BCUT2D eigenvalue weighted by Crippen LogP contribution is 2.20. The first-order chi connectivity index (χ1) is 16.1. The van der Waals surface area contributed by atoms with Crippen LogP contribution in [0.3, 0.4) is 0 Å². The van der Waals surface area contributed by atoms with Crippen molar-refractivity contribution < 1.29 is 38.2 Å². The number of esters is 3. The van der Waals surface area contributed by atoms with Gasteiger partial charge in [0.2, 0.25) is 0 Å². The molecule has 180 valence electrons. The summed E-state index contributed by atoms with van der Waals surface area (Å²) in [5.74, 6) is -3.00. The van der Waals surface area contributed by atoms with E-state index in [0.29, 0.717) is 10.6 Å². The average molecular weight is 492 g/mol. The van der Waals surface area contributed by atoms with Crippen molar-refractivity contribution in [3.63, 3.8) is 0 Å². The number of primary amides is 1. The van der Waals surface area contributed by atoms with Crippen LogP contribution in [0.15, 0.2) is 42.5 Å². The van der Waals surface area contributed by atoms with Crippen molar-refractivity contribution in [1.82, 2.24) is 5.32 Å². The number of ether oxygens (including phenoxy) is 3. The molecule has 0 saturated carbocycles. The number of hydrogen-bond donors (Lipinski definition) is 3. The lowest BCUT2D eigenvalue weighted by molar-refractivity contribution is -0.147. The molecule has 34 heavy (non-hydrogen) atoms. The minimum absolute atomic E-state index is 0.000951. The topological polar surface area (TPSA) is 163 Å². The molecular formula is C22H22ClN3O8. The number of urea groups is 1. The lowest BCUT2D eigenvalue weighted by atomic mass is 10.0. The molecule has 1 unspecified atom stereocenters. The van der Waals surface area contributed by atoms with Gasteiger partial charge in [-0.2, -0.15) is 0 Å². The van der Waals surface area contributed by atoms with Crippen LogP contribution in [0.1, 0.15) is 38.7 Å². The van der Waals surface area contributed by atoms with Crippen LogP contribution in [0, 0.1) is 0 Å². The summed E-state index contributed by atoms with van der Waals surface area (Å²) in [5, 5.41) is 5.31. The summed E-state index contributed by atoms with van der Waals surface area (Å²) in [7, 11) is 2.32. The number of rotatable bonds is 9. The number of carbonyl (C=O) groups excluding carboxylic acids is 5. The fourth-order valence-electron chi connectivity index (χ4n) is 2.86. The van der Waals surface area contributed by atoms with Crippen LogP contribution in [0.2, 0.25) is 5.02 Å². The fourth-order valence-corrected chi connectivity index (χ4v) is 2.98. The van der Waals surface area contributed by atoms with E-state index in [1.54, 1.807) is 24.3 Å². The van der Waals surface area contributed by atoms with Crippen molar-refractivity contribution in [1.29, 1.82) is 0 Å². The van der Waals surface area contributed by atoms with Crippen LogP contribution in [0.5, 0.6) is 0 Å². The number of carbonyl (C=O) groups is 5. The Kier molecular flexibility index (Phi) is 9.38. The van der Waals surface area contributed by atoms with Crippen molar-refractivity contribution in [3.05, 3.63) is 64.2 Å². The van der Waals surface area contributed by atoms with E-state index in [9.17, 15) is 24.0 Å². The number of anilines is 1. The number of benzene rings is 2. The molecule has 2 aromatic carbocycles. The van der Waals surface area contributed by atoms with Gasteiger partial charge >= 0.3 is 23.9 Å². The molecule has 12 heteroatoms. The van der Waals surface area contributed by atoms with Crippen molar-refractivity contribution in [2.24, 2.45) is 5.73 Å². The van der Waals surface area contributed by atoms with Gasteiger partial charge in [0.15, 0.2) is 6.61 Å². The van der Waals surface area contributed by atoms with Crippen molar-refractivity contribution in [2.45, 2.75) is 12.5 Å². The Morgan fingerprint density at radius 1 is 0.941 bits per heavy atom. The minimum Gasteiger partial charge on any atom is -0.465 e. The van der Waals surface area contributed by atoms with Gasteiger partial charge in [-0.25, -0.2) is 14.4 Å². The van der Waals surface area contributed by atoms with Gasteiger partial charge in [-0.05, 0) is 35.9 Å². The van der Waals surface area contributed by atoms with Crippen LogP contribution in [0.25, 0.3) is 0 Å². The fraction of sp³-hybridized carbons (Fsp3) is 0.227. The van der Waals surface area contributed by atoms with Crippen LogP contribution in [-0.4, -0.2) is 50.7 Å². The molecule has 11 nitrogen and oxygen atoms in total. The standard InChI is InChI=1S/C22H22ClN3O8/c1-32-20(29)13-7-14(21(30)33-2)9-16(8-13)25-18(27)11-34-19(28)10-17(26-22(24)31)12-3-5-15(23)6-4-12/h3-9,17H,10-11H2,1-2H3,(H,25,27)(H3,24,26,31). The number of halogens is 1. The summed E-state index contributed by atoms with van der Waals surface area (Å²) in [4.78, 5) is 59.5. The number of nitrogens with two attached hydrogens (primary N) is 1. The molecule has 2 rings (SSSR count). The monoisotopic (exact) mass is 491 g/mol. The van der Waals surface area contributed by atoms with E-state index in [2.05, 4.69) is 20.1 Å². The Hall–Kier alpha value is -4.12. The third kappa shape index (κ3) is 7.78. The van der Waals surface area contributed by atoms with Gasteiger partial charge in [0.05, 0.1) is 37.8 Å². The third-order valence-electron chi connectivity index (χ3n) is 4.38. The van der Waals surface area contributed by atoms with E-state index in [1.807, 2.05) is 0 Å². The first-order valence-corrected chi connectivity index (χ1v) is 10.1. The summed E-state index contributed by atoms with van der Waals surface area (Å²) in [5.41, 5.74) is 5.81. The lowest BCUT2D eigenvalue weighted by Crippen LogP contribution is -2.35. The zero-order chi connectivity index (χ0) is 25.3. The van der Waals surface area contributed by atoms with Crippen molar-refractivity contribution in [3.8, 4) is 0 Å².